The molecule has 0 aliphatic carbocycles. The van der Waals surface area contributed by atoms with Gasteiger partial charge in [0, 0.05) is 13.2 Å². The lowest BCUT2D eigenvalue weighted by molar-refractivity contribution is 0.0223. The van der Waals surface area contributed by atoms with E-state index in [9.17, 15) is 13.5 Å². The summed E-state index contributed by atoms with van der Waals surface area (Å²) < 4.78 is 32.1. The summed E-state index contributed by atoms with van der Waals surface area (Å²) >= 11 is 5.51. The minimum Gasteiger partial charge on any atom is -0.394 e. The van der Waals surface area contributed by atoms with Gasteiger partial charge < -0.3 is 9.84 Å². The predicted octanol–water partition coefficient (Wildman–Crippen LogP) is -0.0502. The second kappa shape index (κ2) is 5.68. The van der Waals surface area contributed by atoms with Gasteiger partial charge in [-0.1, -0.05) is 0 Å². The summed E-state index contributed by atoms with van der Waals surface area (Å²) in [5.41, 5.74) is -0.892. The van der Waals surface area contributed by atoms with Gasteiger partial charge in [-0.3, -0.25) is 0 Å². The molecular formula is C10H14ClN3O4S. The topological polar surface area (TPSA) is 101 Å². The van der Waals surface area contributed by atoms with E-state index in [4.69, 9.17) is 16.3 Å². The molecule has 19 heavy (non-hydrogen) atoms. The van der Waals surface area contributed by atoms with Crippen molar-refractivity contribution >= 4 is 21.6 Å². The molecule has 106 valence electrons. The Labute approximate surface area is 116 Å². The largest absolute Gasteiger partial charge is 0.394 e. The summed E-state index contributed by atoms with van der Waals surface area (Å²) in [6.07, 6.45) is 3.08. The quantitative estimate of drug-likeness (QED) is 0.756. The molecule has 0 aromatic carbocycles. The summed E-state index contributed by atoms with van der Waals surface area (Å²) in [5, 5.41) is 9.43. The van der Waals surface area contributed by atoms with E-state index >= 15 is 0 Å². The van der Waals surface area contributed by atoms with Crippen LogP contribution < -0.4 is 4.72 Å². The number of aliphatic hydroxyl groups is 1. The van der Waals surface area contributed by atoms with Crippen LogP contribution in [0.25, 0.3) is 0 Å². The zero-order valence-electron chi connectivity index (χ0n) is 10.0. The first-order valence-corrected chi connectivity index (χ1v) is 7.54. The van der Waals surface area contributed by atoms with Crippen LogP contribution in [0.15, 0.2) is 17.3 Å². The molecule has 1 aromatic heterocycles. The SMILES string of the molecule is O=S(=O)(NC1(CO)CCOCC1)c1cnc(Cl)nc1. The summed E-state index contributed by atoms with van der Waals surface area (Å²) in [5.74, 6) is 0. The van der Waals surface area contributed by atoms with E-state index in [1.165, 1.54) is 0 Å². The van der Waals surface area contributed by atoms with Crippen LogP contribution in [0.1, 0.15) is 12.8 Å². The van der Waals surface area contributed by atoms with Crippen LogP contribution in [-0.2, 0) is 14.8 Å². The van der Waals surface area contributed by atoms with Crippen molar-refractivity contribution in [3.8, 4) is 0 Å². The molecule has 0 saturated carbocycles. The highest BCUT2D eigenvalue weighted by Gasteiger charge is 2.36. The lowest BCUT2D eigenvalue weighted by Gasteiger charge is -2.35. The minimum absolute atomic E-state index is 0.0260. The first-order chi connectivity index (χ1) is 8.97. The monoisotopic (exact) mass is 307 g/mol. The Balaban J connectivity index is 2.22. The smallest absolute Gasteiger partial charge is 0.244 e. The maximum atomic E-state index is 12.2. The van der Waals surface area contributed by atoms with Crippen LogP contribution in [0.3, 0.4) is 0 Å². The number of sulfonamides is 1. The van der Waals surface area contributed by atoms with Crippen molar-refractivity contribution < 1.29 is 18.3 Å². The van der Waals surface area contributed by atoms with Crippen molar-refractivity contribution in [3.05, 3.63) is 17.7 Å². The number of hydrogen-bond donors (Lipinski definition) is 2. The van der Waals surface area contributed by atoms with Crippen LogP contribution in [0, 0.1) is 0 Å². The number of hydrogen-bond acceptors (Lipinski definition) is 6. The molecule has 0 amide bonds. The first-order valence-electron chi connectivity index (χ1n) is 5.68. The highest BCUT2D eigenvalue weighted by molar-refractivity contribution is 7.89. The van der Waals surface area contributed by atoms with E-state index in [0.717, 1.165) is 12.4 Å². The number of ether oxygens (including phenoxy) is 1. The van der Waals surface area contributed by atoms with Gasteiger partial charge >= 0.3 is 0 Å². The van der Waals surface area contributed by atoms with Crippen molar-refractivity contribution in [2.75, 3.05) is 19.8 Å². The average molecular weight is 308 g/mol. The molecule has 0 unspecified atom stereocenters. The molecule has 1 saturated heterocycles. The van der Waals surface area contributed by atoms with Gasteiger partial charge in [-0.25, -0.2) is 23.1 Å². The lowest BCUT2D eigenvalue weighted by Crippen LogP contribution is -2.54. The summed E-state index contributed by atoms with van der Waals surface area (Å²) in [6, 6.07) is 0. The molecule has 9 heteroatoms. The van der Waals surface area contributed by atoms with E-state index in [1.807, 2.05) is 0 Å². The highest BCUT2D eigenvalue weighted by Crippen LogP contribution is 2.23. The Morgan fingerprint density at radius 1 is 1.37 bits per heavy atom. The number of rotatable bonds is 4. The van der Waals surface area contributed by atoms with Crippen LogP contribution >= 0.6 is 11.6 Å². The number of halogens is 1. The van der Waals surface area contributed by atoms with Gasteiger partial charge in [-0.2, -0.15) is 0 Å². The zero-order chi connectivity index (χ0) is 13.9. The van der Waals surface area contributed by atoms with Gasteiger partial charge in [0.1, 0.15) is 4.90 Å². The van der Waals surface area contributed by atoms with Crippen LogP contribution in [0.5, 0.6) is 0 Å². The molecule has 0 atom stereocenters. The molecule has 7 nitrogen and oxygen atoms in total. The van der Waals surface area contributed by atoms with E-state index in [2.05, 4.69) is 14.7 Å². The normalized spacial score (nSPS) is 19.3. The van der Waals surface area contributed by atoms with E-state index in [0.29, 0.717) is 26.1 Å². The van der Waals surface area contributed by atoms with E-state index in [1.54, 1.807) is 0 Å². The van der Waals surface area contributed by atoms with Gasteiger partial charge in [-0.05, 0) is 24.4 Å². The Morgan fingerprint density at radius 2 is 1.95 bits per heavy atom. The number of nitrogens with zero attached hydrogens (tertiary/aromatic N) is 2. The van der Waals surface area contributed by atoms with Gasteiger partial charge in [0.25, 0.3) is 0 Å². The lowest BCUT2D eigenvalue weighted by atomic mass is 9.93. The maximum absolute atomic E-state index is 12.2. The molecule has 0 spiro atoms. The highest BCUT2D eigenvalue weighted by atomic mass is 35.5. The van der Waals surface area contributed by atoms with Crippen molar-refractivity contribution in [2.45, 2.75) is 23.3 Å². The fourth-order valence-corrected chi connectivity index (χ4v) is 3.27. The van der Waals surface area contributed by atoms with Gasteiger partial charge in [0.2, 0.25) is 15.3 Å². The second-order valence-corrected chi connectivity index (χ2v) is 6.36. The molecule has 0 bridgehead atoms. The van der Waals surface area contributed by atoms with Crippen LogP contribution in [-0.4, -0.2) is 48.9 Å². The fraction of sp³-hybridized carbons (Fsp3) is 0.600. The number of nitrogens with one attached hydrogen (secondary N) is 1. The molecule has 2 N–H and O–H groups in total. The van der Waals surface area contributed by atoms with Gasteiger partial charge in [0.15, 0.2) is 0 Å². The van der Waals surface area contributed by atoms with Crippen LogP contribution in [0.2, 0.25) is 5.28 Å². The molecule has 1 aliphatic rings. The third kappa shape index (κ3) is 3.40. The summed E-state index contributed by atoms with van der Waals surface area (Å²) in [6.45, 7) is 0.518. The second-order valence-electron chi connectivity index (χ2n) is 4.34. The Bertz CT molecular complexity index is 528. The van der Waals surface area contributed by atoms with E-state index < -0.39 is 15.6 Å². The minimum atomic E-state index is -3.80. The van der Waals surface area contributed by atoms with Crippen molar-refractivity contribution in [1.82, 2.24) is 14.7 Å². The van der Waals surface area contributed by atoms with E-state index in [-0.39, 0.29) is 16.8 Å². The standard InChI is InChI=1S/C10H14ClN3O4S/c11-9-12-5-8(6-13-9)19(16,17)14-10(7-15)1-3-18-4-2-10/h5-6,14-15H,1-4,7H2. The average Bonchev–Trinajstić information content (AvgIpc) is 2.40. The fourth-order valence-electron chi connectivity index (χ4n) is 1.84. The Kier molecular flexibility index (Phi) is 4.36. The van der Waals surface area contributed by atoms with Crippen molar-refractivity contribution in [2.24, 2.45) is 0 Å². The van der Waals surface area contributed by atoms with Crippen LogP contribution in [0.4, 0.5) is 0 Å². The van der Waals surface area contributed by atoms with Gasteiger partial charge in [0.05, 0.1) is 24.5 Å². The molecule has 1 aliphatic heterocycles. The molecular weight excluding hydrogens is 294 g/mol. The summed E-state index contributed by atoms with van der Waals surface area (Å²) in [4.78, 5) is 7.18. The predicted molar refractivity (Wildman–Crippen MR) is 67.2 cm³/mol. The van der Waals surface area contributed by atoms with Crippen molar-refractivity contribution in [3.63, 3.8) is 0 Å². The number of aliphatic hydroxyl groups excluding tert-OH is 1. The van der Waals surface area contributed by atoms with Crippen molar-refractivity contribution in [1.29, 1.82) is 0 Å². The van der Waals surface area contributed by atoms with Gasteiger partial charge in [-0.15, -0.1) is 0 Å². The Morgan fingerprint density at radius 3 is 2.47 bits per heavy atom. The molecule has 2 rings (SSSR count). The molecule has 2 heterocycles. The number of aromatic nitrogens is 2. The zero-order valence-corrected chi connectivity index (χ0v) is 11.6. The maximum Gasteiger partial charge on any atom is 0.244 e. The molecule has 0 radical (unpaired) electrons. The first kappa shape index (κ1) is 14.6. The molecule has 1 aromatic rings. The third-order valence-electron chi connectivity index (χ3n) is 3.01. The summed E-state index contributed by atoms with van der Waals surface area (Å²) in [7, 11) is -3.80. The third-order valence-corrected chi connectivity index (χ3v) is 4.74. The Hall–Kier alpha value is -0.800. The molecule has 1 fully saturated rings.